The lowest BCUT2D eigenvalue weighted by Gasteiger charge is -2.28. The minimum atomic E-state index is -0.830. The molecule has 0 aliphatic carbocycles. The molecular formula is C19H19N5O2. The highest BCUT2D eigenvalue weighted by atomic mass is 16.4. The third kappa shape index (κ3) is 3.48. The van der Waals surface area contributed by atoms with Gasteiger partial charge in [-0.25, -0.2) is 9.97 Å². The van der Waals surface area contributed by atoms with Gasteiger partial charge < -0.3 is 9.67 Å². The monoisotopic (exact) mass is 349 g/mol. The summed E-state index contributed by atoms with van der Waals surface area (Å²) < 4.78 is 1.78. The number of aromatic nitrogens is 4. The van der Waals surface area contributed by atoms with Crippen LogP contribution in [0.3, 0.4) is 0 Å². The van der Waals surface area contributed by atoms with Crippen molar-refractivity contribution in [3.63, 3.8) is 0 Å². The van der Waals surface area contributed by atoms with Crippen LogP contribution in [0.15, 0.2) is 49.1 Å². The zero-order valence-electron chi connectivity index (χ0n) is 14.2. The van der Waals surface area contributed by atoms with E-state index >= 15 is 0 Å². The Morgan fingerprint density at radius 2 is 2.08 bits per heavy atom. The summed E-state index contributed by atoms with van der Waals surface area (Å²) in [6.45, 7) is 2.36. The van der Waals surface area contributed by atoms with Gasteiger partial charge in [-0.2, -0.15) is 0 Å². The largest absolute Gasteiger partial charge is 0.480 e. The molecule has 4 rings (SSSR count). The van der Waals surface area contributed by atoms with Crippen LogP contribution in [-0.2, 0) is 30.8 Å². The predicted octanol–water partition coefficient (Wildman–Crippen LogP) is 1.98. The topological polar surface area (TPSA) is 84.1 Å². The van der Waals surface area contributed by atoms with E-state index in [1.165, 1.54) is 0 Å². The molecule has 0 bridgehead atoms. The minimum absolute atomic E-state index is 0.00877. The number of carboxylic acid groups (broad SMARTS) is 1. The Kier molecular flexibility index (Phi) is 4.45. The number of pyridine rings is 1. The number of nitrogens with zero attached hydrogens (tertiary/aromatic N) is 5. The fourth-order valence-electron chi connectivity index (χ4n) is 3.27. The van der Waals surface area contributed by atoms with E-state index in [4.69, 9.17) is 10.1 Å². The van der Waals surface area contributed by atoms with Crippen LogP contribution in [-0.4, -0.2) is 42.0 Å². The van der Waals surface area contributed by atoms with Crippen LogP contribution in [0.4, 0.5) is 0 Å². The van der Waals surface area contributed by atoms with Gasteiger partial charge in [0, 0.05) is 67.7 Å². The molecule has 0 saturated heterocycles. The van der Waals surface area contributed by atoms with Gasteiger partial charge in [0.15, 0.2) is 5.82 Å². The molecule has 0 unspecified atom stereocenters. The van der Waals surface area contributed by atoms with Crippen molar-refractivity contribution in [1.82, 2.24) is 24.4 Å². The summed E-state index contributed by atoms with van der Waals surface area (Å²) in [6, 6.07) is 7.68. The highest BCUT2D eigenvalue weighted by Crippen LogP contribution is 2.22. The first kappa shape index (κ1) is 16.4. The zero-order valence-corrected chi connectivity index (χ0v) is 14.2. The second kappa shape index (κ2) is 7.05. The molecule has 0 radical (unpaired) electrons. The number of hydrogen-bond donors (Lipinski definition) is 1. The predicted molar refractivity (Wildman–Crippen MR) is 95.1 cm³/mol. The maximum Gasteiger partial charge on any atom is 0.323 e. The third-order valence-electron chi connectivity index (χ3n) is 4.57. The van der Waals surface area contributed by atoms with E-state index in [2.05, 4.69) is 14.9 Å². The van der Waals surface area contributed by atoms with Crippen molar-refractivity contribution < 1.29 is 9.90 Å². The van der Waals surface area contributed by atoms with E-state index in [0.717, 1.165) is 47.8 Å². The molecule has 0 fully saturated rings. The van der Waals surface area contributed by atoms with Gasteiger partial charge in [-0.15, -0.1) is 0 Å². The molecule has 0 spiro atoms. The number of carbonyl (C=O) groups is 1. The fourth-order valence-corrected chi connectivity index (χ4v) is 3.27. The standard InChI is InChI=1S/C19H19N5O2/c25-18(26)13-24-8-1-2-16(24)12-23-9-5-17-15(11-23)10-21-19(22-17)14-3-6-20-7-4-14/h1-4,6-8,10H,5,9,11-13H2,(H,25,26). The van der Waals surface area contributed by atoms with Crippen molar-refractivity contribution in [2.24, 2.45) is 0 Å². The quantitative estimate of drug-likeness (QED) is 0.758. The summed E-state index contributed by atoms with van der Waals surface area (Å²) >= 11 is 0. The summed E-state index contributed by atoms with van der Waals surface area (Å²) in [4.78, 5) is 26.5. The molecule has 0 saturated carbocycles. The van der Waals surface area contributed by atoms with Crippen LogP contribution in [0.25, 0.3) is 11.4 Å². The van der Waals surface area contributed by atoms with Crippen molar-refractivity contribution in [3.05, 3.63) is 66.0 Å². The maximum absolute atomic E-state index is 11.0. The molecule has 3 aromatic rings. The van der Waals surface area contributed by atoms with Crippen molar-refractivity contribution >= 4 is 5.97 Å². The molecule has 26 heavy (non-hydrogen) atoms. The number of fused-ring (bicyclic) bond motifs is 1. The average molecular weight is 349 g/mol. The first-order valence-corrected chi connectivity index (χ1v) is 8.52. The summed E-state index contributed by atoms with van der Waals surface area (Å²) in [6.07, 6.45) is 8.06. The zero-order chi connectivity index (χ0) is 17.9. The summed E-state index contributed by atoms with van der Waals surface area (Å²) in [7, 11) is 0. The van der Waals surface area contributed by atoms with Crippen molar-refractivity contribution in [2.75, 3.05) is 6.54 Å². The summed E-state index contributed by atoms with van der Waals surface area (Å²) in [5, 5.41) is 9.01. The molecule has 1 N–H and O–H groups in total. The van der Waals surface area contributed by atoms with E-state index in [1.807, 2.05) is 36.7 Å². The van der Waals surface area contributed by atoms with E-state index in [9.17, 15) is 4.79 Å². The average Bonchev–Trinajstić information content (AvgIpc) is 3.08. The Bertz CT molecular complexity index is 923. The van der Waals surface area contributed by atoms with E-state index < -0.39 is 5.97 Å². The molecule has 0 atom stereocenters. The van der Waals surface area contributed by atoms with Gasteiger partial charge in [0.25, 0.3) is 0 Å². The molecule has 132 valence electrons. The van der Waals surface area contributed by atoms with Gasteiger partial charge in [-0.3, -0.25) is 14.7 Å². The van der Waals surface area contributed by atoms with Crippen LogP contribution in [0, 0.1) is 0 Å². The smallest absolute Gasteiger partial charge is 0.323 e. The van der Waals surface area contributed by atoms with Crippen LogP contribution in [0.2, 0.25) is 0 Å². The lowest BCUT2D eigenvalue weighted by molar-refractivity contribution is -0.137. The molecule has 7 heteroatoms. The first-order chi connectivity index (χ1) is 12.7. The van der Waals surface area contributed by atoms with Crippen molar-refractivity contribution in [1.29, 1.82) is 0 Å². The SMILES string of the molecule is O=C(O)Cn1cccc1CN1CCc2nc(-c3ccncc3)ncc2C1. The molecule has 0 aromatic carbocycles. The normalized spacial score (nSPS) is 14.2. The first-order valence-electron chi connectivity index (χ1n) is 8.52. The number of hydrogen-bond acceptors (Lipinski definition) is 5. The highest BCUT2D eigenvalue weighted by Gasteiger charge is 2.20. The molecule has 1 aliphatic rings. The lowest BCUT2D eigenvalue weighted by Crippen LogP contribution is -2.32. The van der Waals surface area contributed by atoms with Gasteiger partial charge >= 0.3 is 5.97 Å². The second-order valence-corrected chi connectivity index (χ2v) is 6.38. The molecule has 7 nitrogen and oxygen atoms in total. The molecule has 0 amide bonds. The Balaban J connectivity index is 1.49. The molecule has 3 aromatic heterocycles. The fraction of sp³-hybridized carbons (Fsp3) is 0.263. The van der Waals surface area contributed by atoms with Gasteiger partial charge in [0.1, 0.15) is 6.54 Å². The van der Waals surface area contributed by atoms with Crippen LogP contribution in [0.1, 0.15) is 17.0 Å². The highest BCUT2D eigenvalue weighted by molar-refractivity contribution is 5.66. The lowest BCUT2D eigenvalue weighted by atomic mass is 10.1. The van der Waals surface area contributed by atoms with Crippen LogP contribution >= 0.6 is 0 Å². The Morgan fingerprint density at radius 1 is 1.23 bits per heavy atom. The summed E-state index contributed by atoms with van der Waals surface area (Å²) in [5.74, 6) is -0.0987. The minimum Gasteiger partial charge on any atom is -0.480 e. The van der Waals surface area contributed by atoms with Gasteiger partial charge in [0.2, 0.25) is 0 Å². The van der Waals surface area contributed by atoms with Crippen molar-refractivity contribution in [3.8, 4) is 11.4 Å². The van der Waals surface area contributed by atoms with E-state index in [1.54, 1.807) is 17.0 Å². The van der Waals surface area contributed by atoms with Crippen molar-refractivity contribution in [2.45, 2.75) is 26.1 Å². The number of rotatable bonds is 5. The second-order valence-electron chi connectivity index (χ2n) is 6.38. The van der Waals surface area contributed by atoms with Gasteiger partial charge in [-0.1, -0.05) is 0 Å². The maximum atomic E-state index is 11.0. The third-order valence-corrected chi connectivity index (χ3v) is 4.57. The van der Waals surface area contributed by atoms with Crippen LogP contribution < -0.4 is 0 Å². The molecule has 4 heterocycles. The van der Waals surface area contributed by atoms with Crippen LogP contribution in [0.5, 0.6) is 0 Å². The number of carboxylic acids is 1. The van der Waals surface area contributed by atoms with Gasteiger partial charge in [-0.05, 0) is 24.3 Å². The Labute approximate surface area is 151 Å². The van der Waals surface area contributed by atoms with E-state index in [0.29, 0.717) is 6.54 Å². The summed E-state index contributed by atoms with van der Waals surface area (Å²) in [5.41, 5.74) is 4.19. The Hall–Kier alpha value is -3.06. The van der Waals surface area contributed by atoms with Gasteiger partial charge in [0.05, 0.1) is 5.69 Å². The van der Waals surface area contributed by atoms with E-state index in [-0.39, 0.29) is 6.54 Å². The number of aliphatic carboxylic acids is 1. The molecule has 1 aliphatic heterocycles. The molecular weight excluding hydrogens is 330 g/mol. The Morgan fingerprint density at radius 3 is 2.88 bits per heavy atom.